The lowest BCUT2D eigenvalue weighted by Gasteiger charge is -2.24. The summed E-state index contributed by atoms with van der Waals surface area (Å²) < 4.78 is 48.0. The van der Waals surface area contributed by atoms with Crippen molar-refractivity contribution in [2.45, 2.75) is 46.6 Å². The van der Waals surface area contributed by atoms with E-state index in [2.05, 4.69) is 15.2 Å². The fourth-order valence-corrected chi connectivity index (χ4v) is 5.21. The Morgan fingerprint density at radius 2 is 1.54 bits per heavy atom. The van der Waals surface area contributed by atoms with Gasteiger partial charge in [0.15, 0.2) is 11.5 Å². The SMILES string of the molecule is Cc1nn([C@H](c2ccc(F)cc2)C(C)(F)F)cc1-c1ccnc(-c2ccn3nc(-n4c(C)ccc4C)nc3c2C)n1. The Morgan fingerprint density at radius 3 is 2.22 bits per heavy atom. The predicted molar refractivity (Wildman–Crippen MR) is 149 cm³/mol. The Kier molecular flexibility index (Phi) is 6.24. The van der Waals surface area contributed by atoms with Gasteiger partial charge in [-0.2, -0.15) is 10.1 Å². The van der Waals surface area contributed by atoms with Gasteiger partial charge in [0, 0.05) is 53.6 Å². The molecule has 0 radical (unpaired) electrons. The second-order valence-electron chi connectivity index (χ2n) is 10.3. The topological polar surface area (TPSA) is 78.7 Å². The Morgan fingerprint density at radius 1 is 0.829 bits per heavy atom. The van der Waals surface area contributed by atoms with E-state index in [0.717, 1.165) is 29.4 Å². The zero-order valence-corrected chi connectivity index (χ0v) is 23.1. The second kappa shape index (κ2) is 9.69. The van der Waals surface area contributed by atoms with Crippen molar-refractivity contribution in [2.75, 3.05) is 0 Å². The van der Waals surface area contributed by atoms with Gasteiger partial charge in [-0.05, 0) is 69.7 Å². The highest BCUT2D eigenvalue weighted by atomic mass is 19.3. The number of halogens is 3. The van der Waals surface area contributed by atoms with Crippen molar-refractivity contribution in [3.8, 4) is 28.6 Å². The van der Waals surface area contributed by atoms with Crippen molar-refractivity contribution in [1.82, 2.24) is 38.9 Å². The summed E-state index contributed by atoms with van der Waals surface area (Å²) in [5.74, 6) is -2.62. The normalized spacial score (nSPS) is 12.8. The molecule has 41 heavy (non-hydrogen) atoms. The zero-order chi connectivity index (χ0) is 29.1. The highest BCUT2D eigenvalue weighted by molar-refractivity contribution is 5.71. The molecule has 8 nitrogen and oxygen atoms in total. The van der Waals surface area contributed by atoms with Gasteiger partial charge in [-0.3, -0.25) is 9.25 Å². The number of fused-ring (bicyclic) bond motifs is 1. The molecule has 208 valence electrons. The molecule has 11 heteroatoms. The minimum atomic E-state index is -3.16. The summed E-state index contributed by atoms with van der Waals surface area (Å²) in [4.78, 5) is 14.1. The molecule has 5 aromatic heterocycles. The molecular formula is C30H27F3N8. The minimum absolute atomic E-state index is 0.248. The Labute approximate surface area is 234 Å². The highest BCUT2D eigenvalue weighted by Gasteiger charge is 2.38. The second-order valence-corrected chi connectivity index (χ2v) is 10.3. The van der Waals surface area contributed by atoms with Crippen LogP contribution >= 0.6 is 0 Å². The Bertz CT molecular complexity index is 1870. The number of hydrogen-bond acceptors (Lipinski definition) is 5. The molecule has 0 N–H and O–H groups in total. The molecule has 6 aromatic rings. The lowest BCUT2D eigenvalue weighted by Crippen LogP contribution is -2.29. The third-order valence-electron chi connectivity index (χ3n) is 7.23. The molecule has 0 fully saturated rings. The molecule has 1 aromatic carbocycles. The molecule has 0 saturated heterocycles. The standard InChI is InChI=1S/C30H27F3N8/c1-17-6-7-18(2)41(17)29-36-28-19(3)23(13-15-39(28)38-29)27-34-14-12-25(35-27)24-16-40(37-20(24)4)26(30(5,32)33)21-8-10-22(31)11-9-21/h6-16,26H,1-5H3/t26-/m1/s1. The van der Waals surface area contributed by atoms with Crippen LogP contribution in [0.4, 0.5) is 13.2 Å². The summed E-state index contributed by atoms with van der Waals surface area (Å²) in [6.45, 7) is 8.51. The van der Waals surface area contributed by atoms with Crippen LogP contribution in [-0.4, -0.2) is 44.8 Å². The van der Waals surface area contributed by atoms with Crippen LogP contribution in [0.3, 0.4) is 0 Å². The van der Waals surface area contributed by atoms with Gasteiger partial charge in [-0.25, -0.2) is 27.7 Å². The number of benzene rings is 1. The average Bonchev–Trinajstić information content (AvgIpc) is 3.61. The third-order valence-corrected chi connectivity index (χ3v) is 7.23. The van der Waals surface area contributed by atoms with Crippen molar-refractivity contribution in [2.24, 2.45) is 0 Å². The largest absolute Gasteiger partial charge is 0.286 e. The molecule has 6 rings (SSSR count). The first-order valence-electron chi connectivity index (χ1n) is 13.1. The minimum Gasteiger partial charge on any atom is -0.286 e. The number of aryl methyl sites for hydroxylation is 4. The molecule has 0 aliphatic heterocycles. The maximum Gasteiger partial charge on any atom is 0.271 e. The van der Waals surface area contributed by atoms with E-state index in [1.807, 2.05) is 49.7 Å². The summed E-state index contributed by atoms with van der Waals surface area (Å²) in [6.07, 6.45) is 5.00. The van der Waals surface area contributed by atoms with Crippen LogP contribution in [0.15, 0.2) is 67.1 Å². The Hall–Kier alpha value is -4.80. The van der Waals surface area contributed by atoms with Gasteiger partial charge in [0.05, 0.1) is 11.4 Å². The predicted octanol–water partition coefficient (Wildman–Crippen LogP) is 6.46. The highest BCUT2D eigenvalue weighted by Crippen LogP contribution is 2.36. The van der Waals surface area contributed by atoms with Crippen LogP contribution in [0.1, 0.15) is 41.2 Å². The van der Waals surface area contributed by atoms with Gasteiger partial charge in [0.1, 0.15) is 11.9 Å². The smallest absolute Gasteiger partial charge is 0.271 e. The van der Waals surface area contributed by atoms with E-state index in [1.165, 1.54) is 28.9 Å². The van der Waals surface area contributed by atoms with E-state index < -0.39 is 17.8 Å². The van der Waals surface area contributed by atoms with E-state index in [9.17, 15) is 13.2 Å². The molecular weight excluding hydrogens is 529 g/mol. The van der Waals surface area contributed by atoms with E-state index >= 15 is 0 Å². The van der Waals surface area contributed by atoms with Gasteiger partial charge >= 0.3 is 0 Å². The van der Waals surface area contributed by atoms with Crippen LogP contribution in [-0.2, 0) is 0 Å². The van der Waals surface area contributed by atoms with Crippen molar-refractivity contribution < 1.29 is 13.2 Å². The maximum atomic E-state index is 14.8. The third kappa shape index (κ3) is 4.66. The number of aromatic nitrogens is 8. The van der Waals surface area contributed by atoms with Crippen molar-refractivity contribution in [3.63, 3.8) is 0 Å². The fourth-order valence-electron chi connectivity index (χ4n) is 5.21. The van der Waals surface area contributed by atoms with Gasteiger partial charge < -0.3 is 0 Å². The number of nitrogens with zero attached hydrogens (tertiary/aromatic N) is 8. The first-order valence-corrected chi connectivity index (χ1v) is 13.1. The van der Waals surface area contributed by atoms with Crippen molar-refractivity contribution in [1.29, 1.82) is 0 Å². The first-order chi connectivity index (χ1) is 19.5. The van der Waals surface area contributed by atoms with E-state index in [0.29, 0.717) is 34.4 Å². The van der Waals surface area contributed by atoms with Crippen LogP contribution in [0.2, 0.25) is 0 Å². The number of alkyl halides is 2. The zero-order valence-electron chi connectivity index (χ0n) is 23.1. The van der Waals surface area contributed by atoms with Gasteiger partial charge in [0.2, 0.25) is 0 Å². The molecule has 1 atom stereocenters. The first kappa shape index (κ1) is 26.4. The van der Waals surface area contributed by atoms with Gasteiger partial charge in [-0.1, -0.05) is 12.1 Å². The van der Waals surface area contributed by atoms with Gasteiger partial charge in [-0.15, -0.1) is 5.10 Å². The lowest BCUT2D eigenvalue weighted by molar-refractivity contribution is -0.0217. The van der Waals surface area contributed by atoms with Crippen LogP contribution in [0.25, 0.3) is 34.2 Å². The molecule has 0 aliphatic carbocycles. The monoisotopic (exact) mass is 556 g/mol. The molecule has 0 bridgehead atoms. The maximum absolute atomic E-state index is 14.8. The quantitative estimate of drug-likeness (QED) is 0.235. The number of rotatable bonds is 6. The van der Waals surface area contributed by atoms with Gasteiger partial charge in [0.25, 0.3) is 11.9 Å². The van der Waals surface area contributed by atoms with E-state index in [4.69, 9.17) is 9.97 Å². The molecule has 0 unspecified atom stereocenters. The summed E-state index contributed by atoms with van der Waals surface area (Å²) in [6, 6.07) is 11.3. The summed E-state index contributed by atoms with van der Waals surface area (Å²) >= 11 is 0. The summed E-state index contributed by atoms with van der Waals surface area (Å²) in [7, 11) is 0. The molecule has 0 aliphatic rings. The summed E-state index contributed by atoms with van der Waals surface area (Å²) in [5, 5.41) is 9.07. The lowest BCUT2D eigenvalue weighted by atomic mass is 10.0. The number of hydrogen-bond donors (Lipinski definition) is 0. The average molecular weight is 557 g/mol. The van der Waals surface area contributed by atoms with Crippen LogP contribution < -0.4 is 0 Å². The molecule has 0 amide bonds. The van der Waals surface area contributed by atoms with Crippen molar-refractivity contribution in [3.05, 3.63) is 101 Å². The van der Waals surface area contributed by atoms with Crippen LogP contribution in [0.5, 0.6) is 0 Å². The van der Waals surface area contributed by atoms with E-state index in [1.54, 1.807) is 29.9 Å². The fraction of sp³-hybridized carbons (Fsp3) is 0.233. The summed E-state index contributed by atoms with van der Waals surface area (Å²) in [5.41, 5.74) is 6.26. The number of pyridine rings is 1. The van der Waals surface area contributed by atoms with Crippen LogP contribution in [0, 0.1) is 33.5 Å². The Balaban J connectivity index is 1.39. The molecule has 0 spiro atoms. The van der Waals surface area contributed by atoms with Crippen molar-refractivity contribution >= 4 is 5.65 Å². The molecule has 0 saturated carbocycles. The van der Waals surface area contributed by atoms with E-state index in [-0.39, 0.29) is 5.56 Å². The molecule has 5 heterocycles.